The quantitative estimate of drug-likeness (QED) is 0.328. The molecule has 0 amide bonds. The summed E-state index contributed by atoms with van der Waals surface area (Å²) in [5.41, 5.74) is 5.06. The maximum absolute atomic E-state index is 5.06. The van der Waals surface area contributed by atoms with Crippen LogP contribution in [0.15, 0.2) is 0 Å². The average molecular weight is 187 g/mol. The van der Waals surface area contributed by atoms with Gasteiger partial charge in [-0.2, -0.15) is 0 Å². The zero-order valence-corrected chi connectivity index (χ0v) is 5.42. The van der Waals surface area contributed by atoms with Gasteiger partial charge in [-0.15, -0.1) is 31.5 Å². The van der Waals surface area contributed by atoms with Gasteiger partial charge in [0.2, 0.25) is 0 Å². The molecule has 1 nitrogen and oxygen atoms in total. The normalized spacial score (nSPS) is 6.75. The molecule has 0 aliphatic rings. The van der Waals surface area contributed by atoms with Crippen LogP contribution in [-0.2, 0) is 0 Å². The molecule has 1 unspecified atom stereocenters. The Morgan fingerprint density at radius 1 is 2.00 bits per heavy atom. The first kappa shape index (κ1) is 5.18. The highest BCUT2D eigenvalue weighted by Crippen LogP contribution is 1.90. The fourth-order valence-electron chi connectivity index (χ4n) is 0. The zero-order valence-electron chi connectivity index (χ0n) is 2.11. The molecule has 0 aromatic carbocycles. The van der Waals surface area contributed by atoms with Gasteiger partial charge in [-0.25, -0.2) is 0 Å². The minimum Gasteiger partial charge on any atom is -0.357 e. The lowest BCUT2D eigenvalue weighted by Crippen LogP contribution is -2.04. The smallest absolute Gasteiger partial charge is 0.314 e. The third-order valence-corrected chi connectivity index (χ3v) is 0. The minimum absolute atomic E-state index is 0.220. The van der Waals surface area contributed by atoms with Gasteiger partial charge >= 0.3 is 4.42 Å². The van der Waals surface area contributed by atoms with Gasteiger partial charge in [0.15, 0.2) is 0 Å². The third-order valence-electron chi connectivity index (χ3n) is 0. The van der Waals surface area contributed by atoms with E-state index in [0.717, 1.165) is 0 Å². The summed E-state index contributed by atoms with van der Waals surface area (Å²) in [6.45, 7) is 0. The van der Waals surface area contributed by atoms with E-state index in [1.807, 2.05) is 0 Å². The van der Waals surface area contributed by atoms with E-state index < -0.39 is 0 Å². The molecule has 0 aromatic rings. The summed E-state index contributed by atoms with van der Waals surface area (Å²) in [7, 11) is 2.42. The van der Waals surface area contributed by atoms with E-state index in [1.165, 1.54) is 0 Å². The van der Waals surface area contributed by atoms with Crippen LogP contribution in [0.3, 0.4) is 0 Å². The van der Waals surface area contributed by atoms with Gasteiger partial charge in [0.25, 0.3) is 0 Å². The van der Waals surface area contributed by atoms with E-state index in [9.17, 15) is 0 Å². The predicted octanol–water partition coefficient (Wildman–Crippen LogP) is 0.240. The molecule has 0 fully saturated rings. The van der Waals surface area contributed by atoms with Crippen LogP contribution in [0.5, 0.6) is 0 Å². The van der Waals surface area contributed by atoms with Crippen molar-refractivity contribution >= 4 is 35.9 Å². The van der Waals surface area contributed by atoms with Gasteiger partial charge in [0, 0.05) is 0 Å². The summed E-state index contributed by atoms with van der Waals surface area (Å²) in [4.78, 5) is 0. The number of hydrogen-bond acceptors (Lipinski definition) is 1. The van der Waals surface area contributed by atoms with Crippen LogP contribution in [-0.4, -0.2) is 4.42 Å². The Hall–Kier alpha value is 1.18. The van der Waals surface area contributed by atoms with E-state index in [4.69, 9.17) is 5.64 Å². The minimum atomic E-state index is 0.220. The maximum atomic E-state index is 5.06. The Balaban J connectivity index is 2.32. The van der Waals surface area contributed by atoms with Gasteiger partial charge in [-0.05, 0) is 0 Å². The van der Waals surface area contributed by atoms with Crippen LogP contribution in [0.25, 0.3) is 0 Å². The van der Waals surface area contributed by atoms with E-state index in [2.05, 4.69) is 31.5 Å². The monoisotopic (exact) mass is 187 g/mol. The molecule has 0 aliphatic heterocycles. The van der Waals surface area contributed by atoms with Crippen molar-refractivity contribution in [3.63, 3.8) is 0 Å². The molecule has 0 radical (unpaired) electrons. The number of halogens is 1. The molecule has 24 valence electrons. The SMILES string of the molecule is NB(P)I. The average Bonchev–Trinajstić information content (AvgIpc) is 0.811. The molecule has 0 heterocycles. The van der Waals surface area contributed by atoms with Crippen molar-refractivity contribution in [2.75, 3.05) is 0 Å². The predicted molar refractivity (Wildman–Crippen MR) is 33.7 cm³/mol. The highest BCUT2D eigenvalue weighted by molar-refractivity contribution is 14.1. The largest absolute Gasteiger partial charge is 0.357 e. The van der Waals surface area contributed by atoms with E-state index >= 15 is 0 Å². The summed E-state index contributed by atoms with van der Waals surface area (Å²) in [6, 6.07) is 0. The van der Waals surface area contributed by atoms with Crippen molar-refractivity contribution < 1.29 is 0 Å². The van der Waals surface area contributed by atoms with Crippen molar-refractivity contribution in [1.29, 1.82) is 0 Å². The fourth-order valence-corrected chi connectivity index (χ4v) is 0. The number of rotatable bonds is 0. The molecule has 4 heavy (non-hydrogen) atoms. The second-order valence-electron chi connectivity index (χ2n) is 0.444. The highest BCUT2D eigenvalue weighted by Gasteiger charge is 1.81. The van der Waals surface area contributed by atoms with Gasteiger partial charge in [0.05, 0.1) is 0 Å². The van der Waals surface area contributed by atoms with E-state index in [1.54, 1.807) is 0 Å². The fraction of sp³-hybridized carbons (Fsp3) is 0. The van der Waals surface area contributed by atoms with Crippen molar-refractivity contribution in [2.45, 2.75) is 0 Å². The lowest BCUT2D eigenvalue weighted by atomic mass is 10.5. The van der Waals surface area contributed by atoms with Crippen molar-refractivity contribution in [3.05, 3.63) is 0 Å². The Bertz CT molecular complexity index is 12.8. The third kappa shape index (κ3) is 10.8. The molecule has 0 spiro atoms. The molecule has 0 saturated heterocycles. The summed E-state index contributed by atoms with van der Waals surface area (Å²) in [6.07, 6.45) is 0. The first-order valence-corrected chi connectivity index (χ1v) is 2.80. The van der Waals surface area contributed by atoms with Crippen LogP contribution in [0.4, 0.5) is 0 Å². The zero-order chi connectivity index (χ0) is 3.58. The summed E-state index contributed by atoms with van der Waals surface area (Å²) in [5, 5.41) is 0. The van der Waals surface area contributed by atoms with Gasteiger partial charge in [-0.3, -0.25) is 0 Å². The topological polar surface area (TPSA) is 26.0 Å². The second kappa shape index (κ2) is 2.42. The Labute approximate surface area is 41.8 Å². The van der Waals surface area contributed by atoms with Crippen LogP contribution in [0.2, 0.25) is 0 Å². The highest BCUT2D eigenvalue weighted by atomic mass is 127. The molecule has 2 N–H and O–H groups in total. The van der Waals surface area contributed by atoms with Crippen LogP contribution in [0, 0.1) is 0 Å². The van der Waals surface area contributed by atoms with Crippen molar-refractivity contribution in [2.24, 2.45) is 5.64 Å². The molecule has 0 aliphatic carbocycles. The molecule has 0 bridgehead atoms. The first-order valence-electron chi connectivity index (χ1n) is 0.885. The molecule has 0 rings (SSSR count). The molecular formula is H4BINP. The first-order chi connectivity index (χ1) is 1.73. The standard InChI is InChI=1S/BH4INP/c2-1(3)4/h3-4H2. The van der Waals surface area contributed by atoms with E-state index in [0.29, 0.717) is 0 Å². The Morgan fingerprint density at radius 2 is 2.00 bits per heavy atom. The van der Waals surface area contributed by atoms with Gasteiger partial charge < -0.3 is 5.64 Å². The lowest BCUT2D eigenvalue weighted by molar-refractivity contribution is 1.98. The Kier molecular flexibility index (Phi) is 3.14. The number of nitrogens with two attached hydrogens (primary N) is 1. The number of hydrogen-bond donors (Lipinski definition) is 1. The van der Waals surface area contributed by atoms with E-state index in [-0.39, 0.29) is 4.42 Å². The Morgan fingerprint density at radius 3 is 2.00 bits per heavy atom. The van der Waals surface area contributed by atoms with Crippen LogP contribution < -0.4 is 5.64 Å². The molecule has 0 aromatic heterocycles. The summed E-state index contributed by atoms with van der Waals surface area (Å²) in [5.74, 6) is 0. The van der Waals surface area contributed by atoms with Gasteiger partial charge in [-0.1, -0.05) is 0 Å². The van der Waals surface area contributed by atoms with Gasteiger partial charge in [0.1, 0.15) is 0 Å². The summed E-state index contributed by atoms with van der Waals surface area (Å²) < 4.78 is 0.220. The van der Waals surface area contributed by atoms with Crippen molar-refractivity contribution in [3.8, 4) is 0 Å². The molecular weight excluding hydrogens is 183 g/mol. The van der Waals surface area contributed by atoms with Crippen LogP contribution >= 0.6 is 31.5 Å². The second-order valence-corrected chi connectivity index (χ2v) is 3.96. The molecule has 1 atom stereocenters. The molecule has 0 saturated carbocycles. The maximum Gasteiger partial charge on any atom is 0.314 e. The van der Waals surface area contributed by atoms with Crippen LogP contribution in [0.1, 0.15) is 0 Å². The van der Waals surface area contributed by atoms with Crippen molar-refractivity contribution in [1.82, 2.24) is 0 Å². The molecule has 4 heteroatoms. The summed E-state index contributed by atoms with van der Waals surface area (Å²) >= 11 is 2.08. The lowest BCUT2D eigenvalue weighted by Gasteiger charge is -1.70.